The van der Waals surface area contributed by atoms with Crippen LogP contribution in [0.25, 0.3) is 17.1 Å². The standard InChI is InChI=1S/C20H18N8O4/c1-30-14-8-5-7-12(10-14)17-16(23-27-28(17)19-18(21)25-32-26-19)20(29)24-22-11-13-6-3-4-9-15(13)31-2/h3-11H,1-2H3,(H2,21,25)(H,24,29)/b22-11-. The smallest absolute Gasteiger partial charge is 0.294 e. The first-order valence-electron chi connectivity index (χ1n) is 9.27. The lowest BCUT2D eigenvalue weighted by Gasteiger charge is -2.07. The minimum Gasteiger partial charge on any atom is -0.497 e. The van der Waals surface area contributed by atoms with Crippen molar-refractivity contribution in [3.63, 3.8) is 0 Å². The highest BCUT2D eigenvalue weighted by Gasteiger charge is 2.25. The normalized spacial score (nSPS) is 10.9. The second-order valence-corrected chi connectivity index (χ2v) is 6.34. The van der Waals surface area contributed by atoms with E-state index in [0.717, 1.165) is 0 Å². The van der Waals surface area contributed by atoms with E-state index in [2.05, 4.69) is 35.8 Å². The van der Waals surface area contributed by atoms with Crippen LogP contribution in [0.2, 0.25) is 0 Å². The molecule has 32 heavy (non-hydrogen) atoms. The zero-order chi connectivity index (χ0) is 22.5. The van der Waals surface area contributed by atoms with Crippen LogP contribution in [-0.2, 0) is 0 Å². The Bertz CT molecular complexity index is 1280. The summed E-state index contributed by atoms with van der Waals surface area (Å²) in [5.41, 5.74) is 9.82. The van der Waals surface area contributed by atoms with E-state index in [0.29, 0.717) is 28.3 Å². The minimum absolute atomic E-state index is 0.0137. The first-order chi connectivity index (χ1) is 15.6. The number of methoxy groups -OCH3 is 2. The Morgan fingerprint density at radius 3 is 2.75 bits per heavy atom. The van der Waals surface area contributed by atoms with E-state index >= 15 is 0 Å². The number of rotatable bonds is 7. The highest BCUT2D eigenvalue weighted by molar-refractivity contribution is 5.99. The molecule has 0 saturated heterocycles. The van der Waals surface area contributed by atoms with Gasteiger partial charge in [-0.25, -0.2) is 10.1 Å². The summed E-state index contributed by atoms with van der Waals surface area (Å²) in [5, 5.41) is 19.3. The lowest BCUT2D eigenvalue weighted by Crippen LogP contribution is -2.19. The summed E-state index contributed by atoms with van der Waals surface area (Å²) in [6, 6.07) is 14.2. The number of benzene rings is 2. The van der Waals surface area contributed by atoms with Gasteiger partial charge in [-0.15, -0.1) is 5.10 Å². The van der Waals surface area contributed by atoms with Gasteiger partial charge in [-0.3, -0.25) is 4.79 Å². The number of aromatic nitrogens is 5. The topological polar surface area (TPSA) is 156 Å². The maximum absolute atomic E-state index is 12.9. The zero-order valence-corrected chi connectivity index (χ0v) is 17.1. The summed E-state index contributed by atoms with van der Waals surface area (Å²) in [7, 11) is 3.09. The Kier molecular flexibility index (Phi) is 5.74. The number of hydrogen-bond acceptors (Lipinski definition) is 10. The van der Waals surface area contributed by atoms with E-state index in [1.807, 2.05) is 12.1 Å². The molecule has 0 radical (unpaired) electrons. The first-order valence-corrected chi connectivity index (χ1v) is 9.27. The van der Waals surface area contributed by atoms with Crippen molar-refractivity contribution in [2.45, 2.75) is 0 Å². The number of carbonyl (C=O) groups is 1. The molecule has 12 heteroatoms. The van der Waals surface area contributed by atoms with Crippen LogP contribution in [0.1, 0.15) is 16.1 Å². The summed E-state index contributed by atoms with van der Waals surface area (Å²) < 4.78 is 16.5. The molecule has 0 spiro atoms. The van der Waals surface area contributed by atoms with Crippen molar-refractivity contribution >= 4 is 17.9 Å². The van der Waals surface area contributed by atoms with Crippen LogP contribution in [0.4, 0.5) is 5.82 Å². The van der Waals surface area contributed by atoms with Crippen LogP contribution >= 0.6 is 0 Å². The average Bonchev–Trinajstić information content (AvgIpc) is 3.45. The summed E-state index contributed by atoms with van der Waals surface area (Å²) >= 11 is 0. The van der Waals surface area contributed by atoms with Crippen molar-refractivity contribution in [2.24, 2.45) is 5.10 Å². The summed E-state index contributed by atoms with van der Waals surface area (Å²) in [5.74, 6) is 0.659. The lowest BCUT2D eigenvalue weighted by atomic mass is 10.1. The molecule has 0 bridgehead atoms. The van der Waals surface area contributed by atoms with E-state index in [1.54, 1.807) is 43.5 Å². The van der Waals surface area contributed by atoms with E-state index in [-0.39, 0.29) is 17.3 Å². The number of nitrogens with zero attached hydrogens (tertiary/aromatic N) is 6. The van der Waals surface area contributed by atoms with Crippen molar-refractivity contribution in [1.82, 2.24) is 30.7 Å². The quantitative estimate of drug-likeness (QED) is 0.326. The van der Waals surface area contributed by atoms with Gasteiger partial charge in [0.25, 0.3) is 5.91 Å². The number of hydrogen-bond donors (Lipinski definition) is 2. The van der Waals surface area contributed by atoms with Crippen molar-refractivity contribution < 1.29 is 18.9 Å². The molecule has 4 aromatic rings. The number of carbonyl (C=O) groups excluding carboxylic acids is 1. The lowest BCUT2D eigenvalue weighted by molar-refractivity contribution is 0.0950. The average molecular weight is 434 g/mol. The van der Waals surface area contributed by atoms with Gasteiger partial charge in [0.05, 0.1) is 20.4 Å². The van der Waals surface area contributed by atoms with Gasteiger partial charge in [0.15, 0.2) is 5.69 Å². The number of nitrogens with two attached hydrogens (primary N) is 1. The highest BCUT2D eigenvalue weighted by atomic mass is 16.6. The third-order valence-electron chi connectivity index (χ3n) is 4.43. The third-order valence-corrected chi connectivity index (χ3v) is 4.43. The molecule has 0 aliphatic rings. The van der Waals surface area contributed by atoms with Crippen molar-refractivity contribution in [3.8, 4) is 28.6 Å². The van der Waals surface area contributed by atoms with E-state index in [4.69, 9.17) is 15.2 Å². The number of anilines is 1. The van der Waals surface area contributed by atoms with Gasteiger partial charge in [-0.1, -0.05) is 29.5 Å². The molecule has 0 aliphatic heterocycles. The monoisotopic (exact) mass is 434 g/mol. The molecule has 12 nitrogen and oxygen atoms in total. The number of hydrazone groups is 1. The third kappa shape index (κ3) is 3.96. The molecule has 0 saturated carbocycles. The fraction of sp³-hybridized carbons (Fsp3) is 0.100. The number of amides is 1. The second-order valence-electron chi connectivity index (χ2n) is 6.34. The Morgan fingerprint density at radius 2 is 2.00 bits per heavy atom. The molecule has 162 valence electrons. The second kappa shape index (κ2) is 8.95. The fourth-order valence-electron chi connectivity index (χ4n) is 2.94. The predicted molar refractivity (Wildman–Crippen MR) is 114 cm³/mol. The molecule has 2 aromatic carbocycles. The van der Waals surface area contributed by atoms with Crippen molar-refractivity contribution in [1.29, 1.82) is 0 Å². The largest absolute Gasteiger partial charge is 0.497 e. The molecule has 1 amide bonds. The van der Waals surface area contributed by atoms with E-state index < -0.39 is 5.91 Å². The molecule has 2 aromatic heterocycles. The SMILES string of the molecule is COc1cccc(-c2c(C(=O)N/N=C\c3ccccc3OC)nnn2-c2nonc2N)c1. The van der Waals surface area contributed by atoms with Gasteiger partial charge in [-0.2, -0.15) is 9.78 Å². The summed E-state index contributed by atoms with van der Waals surface area (Å²) in [6.45, 7) is 0. The molecule has 0 atom stereocenters. The van der Waals surface area contributed by atoms with Crippen molar-refractivity contribution in [3.05, 3.63) is 59.8 Å². The minimum atomic E-state index is -0.602. The van der Waals surface area contributed by atoms with Gasteiger partial charge in [-0.05, 0) is 34.6 Å². The molecule has 3 N–H and O–H groups in total. The molecule has 0 fully saturated rings. The molecule has 4 rings (SSSR count). The first kappa shape index (κ1) is 20.5. The maximum Gasteiger partial charge on any atom is 0.294 e. The number of ether oxygens (including phenoxy) is 2. The molecule has 0 aliphatic carbocycles. The molecular formula is C20H18N8O4. The van der Waals surface area contributed by atoms with Crippen LogP contribution in [0.5, 0.6) is 11.5 Å². The fourth-order valence-corrected chi connectivity index (χ4v) is 2.94. The summed E-state index contributed by atoms with van der Waals surface area (Å²) in [6.07, 6.45) is 1.46. The van der Waals surface area contributed by atoms with Crippen molar-refractivity contribution in [2.75, 3.05) is 20.0 Å². The maximum atomic E-state index is 12.9. The van der Waals surface area contributed by atoms with Crippen LogP contribution in [-0.4, -0.2) is 51.6 Å². The molecule has 0 unspecified atom stereocenters. The Balaban J connectivity index is 1.70. The van der Waals surface area contributed by atoms with Gasteiger partial charge in [0.1, 0.15) is 17.2 Å². The van der Waals surface area contributed by atoms with Crippen LogP contribution < -0.4 is 20.6 Å². The van der Waals surface area contributed by atoms with Crippen LogP contribution in [0, 0.1) is 0 Å². The van der Waals surface area contributed by atoms with Gasteiger partial charge in [0.2, 0.25) is 11.6 Å². The van der Waals surface area contributed by atoms with Gasteiger partial charge >= 0.3 is 0 Å². The number of nitrogens with one attached hydrogen (secondary N) is 1. The number of nitrogen functional groups attached to an aromatic ring is 1. The van der Waals surface area contributed by atoms with Crippen LogP contribution in [0.15, 0.2) is 58.3 Å². The predicted octanol–water partition coefficient (Wildman–Crippen LogP) is 1.68. The zero-order valence-electron chi connectivity index (χ0n) is 17.1. The molecule has 2 heterocycles. The summed E-state index contributed by atoms with van der Waals surface area (Å²) in [4.78, 5) is 12.9. The number of para-hydroxylation sites is 1. The van der Waals surface area contributed by atoms with Crippen LogP contribution in [0.3, 0.4) is 0 Å². The Labute approximate surface area is 181 Å². The van der Waals surface area contributed by atoms with Gasteiger partial charge < -0.3 is 15.2 Å². The van der Waals surface area contributed by atoms with Gasteiger partial charge in [0, 0.05) is 11.1 Å². The molecular weight excluding hydrogens is 416 g/mol. The van der Waals surface area contributed by atoms with E-state index in [1.165, 1.54) is 18.0 Å². The Morgan fingerprint density at radius 1 is 1.16 bits per heavy atom. The highest BCUT2D eigenvalue weighted by Crippen LogP contribution is 2.29. The van der Waals surface area contributed by atoms with E-state index in [9.17, 15) is 4.79 Å². The Hall–Kier alpha value is -4.74.